The fourth-order valence-electron chi connectivity index (χ4n) is 3.30. The third kappa shape index (κ3) is 3.58. The summed E-state index contributed by atoms with van der Waals surface area (Å²) < 4.78 is 2.24. The number of carbonyl (C=O) groups is 1. The number of hydrogen-bond donors (Lipinski definition) is 1. The number of H-pyrrole nitrogens is 1. The highest BCUT2D eigenvalue weighted by Crippen LogP contribution is 2.22. The summed E-state index contributed by atoms with van der Waals surface area (Å²) in [6.45, 7) is 6.80. The quantitative estimate of drug-likeness (QED) is 0.936. The van der Waals surface area contributed by atoms with E-state index in [1.165, 1.54) is 12.3 Å². The van der Waals surface area contributed by atoms with Crippen molar-refractivity contribution in [1.29, 1.82) is 0 Å². The fraction of sp³-hybridized carbons (Fsp3) is 0.500. The largest absolute Gasteiger partial charge is 0.339 e. The predicted molar refractivity (Wildman–Crippen MR) is 92.0 cm³/mol. The Balaban J connectivity index is 1.57. The summed E-state index contributed by atoms with van der Waals surface area (Å²) in [7, 11) is 0. The van der Waals surface area contributed by atoms with Gasteiger partial charge in [0.2, 0.25) is 5.56 Å². The van der Waals surface area contributed by atoms with Crippen molar-refractivity contribution in [3.05, 3.63) is 52.5 Å². The second-order valence-electron chi connectivity index (χ2n) is 6.77. The second kappa shape index (κ2) is 7.03. The van der Waals surface area contributed by atoms with Gasteiger partial charge in [-0.05, 0) is 24.8 Å². The average Bonchev–Trinajstić information content (AvgIpc) is 3.04. The molecular weight excluding hydrogens is 304 g/mol. The van der Waals surface area contributed by atoms with E-state index in [9.17, 15) is 9.59 Å². The van der Waals surface area contributed by atoms with E-state index in [0.29, 0.717) is 17.4 Å². The van der Waals surface area contributed by atoms with Crippen molar-refractivity contribution in [2.24, 2.45) is 5.92 Å². The topological polar surface area (TPSA) is 71.0 Å². The van der Waals surface area contributed by atoms with Crippen LogP contribution in [-0.2, 0) is 6.54 Å². The smallest absolute Gasteiger partial charge is 0.255 e. The Kier molecular flexibility index (Phi) is 4.83. The maximum absolute atomic E-state index is 12.5. The molecule has 0 unspecified atom stereocenters. The Morgan fingerprint density at radius 1 is 1.33 bits per heavy atom. The molecule has 1 aliphatic heterocycles. The van der Waals surface area contributed by atoms with Gasteiger partial charge in [0, 0.05) is 50.2 Å². The summed E-state index contributed by atoms with van der Waals surface area (Å²) in [6.07, 6.45) is 7.39. The molecule has 1 N–H and O–H groups in total. The molecule has 0 atom stereocenters. The number of amides is 1. The number of aromatic nitrogens is 3. The maximum Gasteiger partial charge on any atom is 0.255 e. The van der Waals surface area contributed by atoms with Crippen LogP contribution in [0.3, 0.4) is 0 Å². The number of aromatic amines is 1. The highest BCUT2D eigenvalue weighted by atomic mass is 16.2. The molecule has 1 aliphatic rings. The van der Waals surface area contributed by atoms with Crippen molar-refractivity contribution in [1.82, 2.24) is 19.4 Å². The van der Waals surface area contributed by atoms with Gasteiger partial charge in [-0.2, -0.15) is 0 Å². The molecular formula is C18H24N4O2. The molecule has 6 nitrogen and oxygen atoms in total. The molecule has 0 aliphatic carbocycles. The Bertz CT molecular complexity index is 734. The highest BCUT2D eigenvalue weighted by molar-refractivity contribution is 5.93. The fourth-order valence-corrected chi connectivity index (χ4v) is 3.30. The highest BCUT2D eigenvalue weighted by Gasteiger charge is 2.24. The van der Waals surface area contributed by atoms with Gasteiger partial charge in [-0.3, -0.25) is 9.59 Å². The SMILES string of the molecule is CC(C)c1nccn1CC1CCN(C(=O)c2ccc(=O)[nH]c2)CC1. The molecule has 0 aromatic carbocycles. The third-order valence-corrected chi connectivity index (χ3v) is 4.65. The summed E-state index contributed by atoms with van der Waals surface area (Å²) in [5, 5.41) is 0. The standard InChI is InChI=1S/C18H24N4O2/c1-13(2)17-19-7-10-22(17)12-14-5-8-21(9-6-14)18(24)15-3-4-16(23)20-11-15/h3-4,7,10-11,13-14H,5-6,8-9,12H2,1-2H3,(H,20,23). The Labute approximate surface area is 141 Å². The van der Waals surface area contributed by atoms with Gasteiger partial charge in [-0.15, -0.1) is 0 Å². The minimum Gasteiger partial charge on any atom is -0.339 e. The molecule has 0 spiro atoms. The third-order valence-electron chi connectivity index (χ3n) is 4.65. The molecule has 2 aromatic rings. The van der Waals surface area contributed by atoms with E-state index in [4.69, 9.17) is 0 Å². The van der Waals surface area contributed by atoms with Gasteiger partial charge in [0.25, 0.3) is 5.91 Å². The number of piperidine rings is 1. The van der Waals surface area contributed by atoms with Crippen LogP contribution in [0.1, 0.15) is 48.8 Å². The number of nitrogens with zero attached hydrogens (tertiary/aromatic N) is 3. The van der Waals surface area contributed by atoms with Gasteiger partial charge in [-0.1, -0.05) is 13.8 Å². The van der Waals surface area contributed by atoms with Crippen LogP contribution in [0.5, 0.6) is 0 Å². The van der Waals surface area contributed by atoms with Gasteiger partial charge < -0.3 is 14.5 Å². The second-order valence-corrected chi connectivity index (χ2v) is 6.77. The first-order valence-corrected chi connectivity index (χ1v) is 8.53. The number of rotatable bonds is 4. The van der Waals surface area contributed by atoms with Crippen LogP contribution < -0.4 is 5.56 Å². The van der Waals surface area contributed by atoms with E-state index in [-0.39, 0.29) is 11.5 Å². The van der Waals surface area contributed by atoms with Crippen LogP contribution >= 0.6 is 0 Å². The molecule has 1 saturated heterocycles. The first-order valence-electron chi connectivity index (χ1n) is 8.53. The number of pyridine rings is 1. The van der Waals surface area contributed by atoms with Gasteiger partial charge in [0.05, 0.1) is 5.56 Å². The number of carbonyl (C=O) groups excluding carboxylic acids is 1. The van der Waals surface area contributed by atoms with Crippen molar-refractivity contribution in [2.75, 3.05) is 13.1 Å². The van der Waals surface area contributed by atoms with Crippen LogP contribution in [-0.4, -0.2) is 38.4 Å². The molecule has 128 valence electrons. The Morgan fingerprint density at radius 2 is 2.08 bits per heavy atom. The maximum atomic E-state index is 12.5. The Hall–Kier alpha value is -2.37. The van der Waals surface area contributed by atoms with Crippen molar-refractivity contribution in [3.63, 3.8) is 0 Å². The van der Waals surface area contributed by atoms with E-state index in [2.05, 4.69) is 28.4 Å². The summed E-state index contributed by atoms with van der Waals surface area (Å²) >= 11 is 0. The van der Waals surface area contributed by atoms with Crippen LogP contribution in [0.4, 0.5) is 0 Å². The molecule has 3 rings (SSSR count). The van der Waals surface area contributed by atoms with Crippen LogP contribution in [0, 0.1) is 5.92 Å². The minimum absolute atomic E-state index is 0.00444. The van der Waals surface area contributed by atoms with Crippen molar-refractivity contribution < 1.29 is 4.79 Å². The summed E-state index contributed by atoms with van der Waals surface area (Å²) in [6, 6.07) is 2.99. The molecule has 0 radical (unpaired) electrons. The zero-order valence-electron chi connectivity index (χ0n) is 14.2. The lowest BCUT2D eigenvalue weighted by Gasteiger charge is -2.32. The summed E-state index contributed by atoms with van der Waals surface area (Å²) in [4.78, 5) is 32.4. The molecule has 6 heteroatoms. The zero-order chi connectivity index (χ0) is 17.1. The normalized spacial score (nSPS) is 15.9. The van der Waals surface area contributed by atoms with E-state index in [1.54, 1.807) is 6.07 Å². The number of hydrogen-bond acceptors (Lipinski definition) is 3. The van der Waals surface area contributed by atoms with Crippen LogP contribution in [0.25, 0.3) is 0 Å². The molecule has 2 aromatic heterocycles. The van der Waals surface area contributed by atoms with E-state index < -0.39 is 0 Å². The molecule has 24 heavy (non-hydrogen) atoms. The predicted octanol–water partition coefficient (Wildman–Crippen LogP) is 2.25. The molecule has 3 heterocycles. The van der Waals surface area contributed by atoms with Crippen molar-refractivity contribution in [3.8, 4) is 0 Å². The number of nitrogens with one attached hydrogen (secondary N) is 1. The van der Waals surface area contributed by atoms with Gasteiger partial charge in [0.15, 0.2) is 0 Å². The lowest BCUT2D eigenvalue weighted by Crippen LogP contribution is -2.39. The number of imidazole rings is 1. The first-order chi connectivity index (χ1) is 11.5. The van der Waals surface area contributed by atoms with Gasteiger partial charge >= 0.3 is 0 Å². The van der Waals surface area contributed by atoms with Crippen LogP contribution in [0.2, 0.25) is 0 Å². The Morgan fingerprint density at radius 3 is 2.71 bits per heavy atom. The molecule has 1 fully saturated rings. The van der Waals surface area contributed by atoms with E-state index in [1.807, 2.05) is 17.3 Å². The number of likely N-dealkylation sites (tertiary alicyclic amines) is 1. The van der Waals surface area contributed by atoms with E-state index in [0.717, 1.165) is 38.3 Å². The zero-order valence-corrected chi connectivity index (χ0v) is 14.2. The van der Waals surface area contributed by atoms with Gasteiger partial charge in [-0.25, -0.2) is 4.98 Å². The van der Waals surface area contributed by atoms with Crippen molar-refractivity contribution >= 4 is 5.91 Å². The average molecular weight is 328 g/mol. The first kappa shape index (κ1) is 16.5. The van der Waals surface area contributed by atoms with Crippen LogP contribution in [0.15, 0.2) is 35.5 Å². The minimum atomic E-state index is -0.188. The van der Waals surface area contributed by atoms with Gasteiger partial charge in [0.1, 0.15) is 5.82 Å². The summed E-state index contributed by atoms with van der Waals surface area (Å²) in [5.41, 5.74) is 0.358. The lowest BCUT2D eigenvalue weighted by atomic mass is 9.96. The summed E-state index contributed by atoms with van der Waals surface area (Å²) in [5.74, 6) is 2.11. The molecule has 1 amide bonds. The molecule has 0 bridgehead atoms. The molecule has 0 saturated carbocycles. The lowest BCUT2D eigenvalue weighted by molar-refractivity contribution is 0.0682. The van der Waals surface area contributed by atoms with Crippen molar-refractivity contribution in [2.45, 2.75) is 39.2 Å². The monoisotopic (exact) mass is 328 g/mol. The van der Waals surface area contributed by atoms with E-state index >= 15 is 0 Å².